The minimum absolute atomic E-state index is 0.0687. The molecule has 0 aliphatic carbocycles. The van der Waals surface area contributed by atoms with Crippen LogP contribution in [0, 0.1) is 6.92 Å². The number of rotatable bonds is 6. The molecule has 0 saturated carbocycles. The molecule has 5 heteroatoms. The van der Waals surface area contributed by atoms with Gasteiger partial charge in [0, 0.05) is 16.9 Å². The molecule has 0 saturated heterocycles. The van der Waals surface area contributed by atoms with Crippen molar-refractivity contribution in [3.8, 4) is 0 Å². The second-order valence-corrected chi connectivity index (χ2v) is 8.97. The van der Waals surface area contributed by atoms with E-state index < -0.39 is 15.1 Å². The van der Waals surface area contributed by atoms with Crippen LogP contribution < -0.4 is 0 Å². The van der Waals surface area contributed by atoms with Gasteiger partial charge in [0.25, 0.3) is 0 Å². The van der Waals surface area contributed by atoms with Crippen molar-refractivity contribution in [3.05, 3.63) is 88.1 Å². The number of aryl methyl sites for hydroxylation is 1. The first-order valence-corrected chi connectivity index (χ1v) is 10.3. The second-order valence-electron chi connectivity index (χ2n) is 5.86. The van der Waals surface area contributed by atoms with Crippen LogP contribution in [0.1, 0.15) is 32.5 Å². The molecule has 0 fully saturated rings. The predicted octanol–water partition coefficient (Wildman–Crippen LogP) is 4.84. The fourth-order valence-corrected chi connectivity index (χ4v) is 5.49. The normalized spacial score (nSPS) is 12.7. The summed E-state index contributed by atoms with van der Waals surface area (Å²) in [4.78, 5) is 13.6. The summed E-state index contributed by atoms with van der Waals surface area (Å²) in [6.45, 7) is 1.91. The van der Waals surface area contributed by atoms with Gasteiger partial charge in [-0.2, -0.15) is 0 Å². The van der Waals surface area contributed by atoms with Crippen LogP contribution in [0.5, 0.6) is 0 Å². The molecule has 25 heavy (non-hydrogen) atoms. The Morgan fingerprint density at radius 2 is 1.64 bits per heavy atom. The fourth-order valence-electron chi connectivity index (χ4n) is 2.64. The van der Waals surface area contributed by atoms with Crippen molar-refractivity contribution in [2.45, 2.75) is 23.5 Å². The quantitative estimate of drug-likeness (QED) is 0.583. The minimum atomic E-state index is -3.65. The number of benzene rings is 2. The number of ketones is 1. The molecule has 3 rings (SSSR count). The number of hydrogen-bond donors (Lipinski definition) is 0. The Bertz CT molecular complexity index is 942. The highest BCUT2D eigenvalue weighted by Crippen LogP contribution is 2.35. The molecule has 0 spiro atoms. The average Bonchev–Trinajstić information content (AvgIpc) is 3.14. The number of carbonyl (C=O) groups is 1. The van der Waals surface area contributed by atoms with Crippen LogP contribution in [0.2, 0.25) is 0 Å². The molecule has 3 aromatic rings. The van der Waals surface area contributed by atoms with E-state index in [0.717, 1.165) is 5.56 Å². The van der Waals surface area contributed by atoms with Gasteiger partial charge in [-0.25, -0.2) is 8.42 Å². The third-order valence-electron chi connectivity index (χ3n) is 4.05. The largest absolute Gasteiger partial charge is 0.294 e. The Labute approximate surface area is 151 Å². The van der Waals surface area contributed by atoms with E-state index in [-0.39, 0.29) is 17.1 Å². The molecular weight excluding hydrogens is 352 g/mol. The molecule has 0 radical (unpaired) electrons. The number of Topliss-reactive ketones (excluding diaryl/α,β-unsaturated/α-hetero) is 1. The lowest BCUT2D eigenvalue weighted by Gasteiger charge is -2.16. The molecule has 0 aliphatic rings. The molecule has 1 heterocycles. The first-order chi connectivity index (χ1) is 12.0. The van der Waals surface area contributed by atoms with Crippen LogP contribution in [-0.4, -0.2) is 14.2 Å². The van der Waals surface area contributed by atoms with Gasteiger partial charge in [-0.1, -0.05) is 54.1 Å². The first-order valence-electron chi connectivity index (χ1n) is 7.90. The molecule has 0 aliphatic heterocycles. The van der Waals surface area contributed by atoms with Gasteiger partial charge >= 0.3 is 0 Å². The Balaban J connectivity index is 1.98. The van der Waals surface area contributed by atoms with Gasteiger partial charge < -0.3 is 0 Å². The summed E-state index contributed by atoms with van der Waals surface area (Å²) in [5, 5.41) is 0.961. The SMILES string of the molecule is Cc1ccc(S(=O)(=O)C(CC(=O)c2ccccc2)c2cccs2)cc1. The maximum Gasteiger partial charge on any atom is 0.186 e. The molecule has 0 N–H and O–H groups in total. The van der Waals surface area contributed by atoms with Crippen LogP contribution in [0.3, 0.4) is 0 Å². The van der Waals surface area contributed by atoms with E-state index in [0.29, 0.717) is 10.4 Å². The minimum Gasteiger partial charge on any atom is -0.294 e. The lowest BCUT2D eigenvalue weighted by Crippen LogP contribution is -2.17. The van der Waals surface area contributed by atoms with Crippen LogP contribution >= 0.6 is 11.3 Å². The topological polar surface area (TPSA) is 51.2 Å². The van der Waals surface area contributed by atoms with Crippen molar-refractivity contribution >= 4 is 27.0 Å². The molecule has 1 unspecified atom stereocenters. The lowest BCUT2D eigenvalue weighted by atomic mass is 10.1. The van der Waals surface area contributed by atoms with Crippen molar-refractivity contribution in [1.82, 2.24) is 0 Å². The number of hydrogen-bond acceptors (Lipinski definition) is 4. The molecule has 3 nitrogen and oxygen atoms in total. The van der Waals surface area contributed by atoms with E-state index >= 15 is 0 Å². The molecule has 128 valence electrons. The Morgan fingerprint density at radius 1 is 0.960 bits per heavy atom. The Morgan fingerprint density at radius 3 is 2.24 bits per heavy atom. The molecule has 1 aromatic heterocycles. The smallest absolute Gasteiger partial charge is 0.186 e. The van der Waals surface area contributed by atoms with Crippen molar-refractivity contribution in [2.75, 3.05) is 0 Å². The molecule has 0 bridgehead atoms. The van der Waals surface area contributed by atoms with Crippen LogP contribution in [-0.2, 0) is 9.84 Å². The zero-order valence-electron chi connectivity index (χ0n) is 13.8. The van der Waals surface area contributed by atoms with E-state index in [1.807, 2.05) is 24.4 Å². The van der Waals surface area contributed by atoms with Gasteiger partial charge in [0.15, 0.2) is 15.6 Å². The summed E-state index contributed by atoms with van der Waals surface area (Å²) < 4.78 is 26.3. The Kier molecular flexibility index (Phi) is 5.16. The summed E-state index contributed by atoms with van der Waals surface area (Å²) >= 11 is 1.36. The lowest BCUT2D eigenvalue weighted by molar-refractivity contribution is 0.0981. The monoisotopic (exact) mass is 370 g/mol. The highest BCUT2D eigenvalue weighted by Gasteiger charge is 2.32. The third kappa shape index (κ3) is 3.89. The van der Waals surface area contributed by atoms with Crippen molar-refractivity contribution in [3.63, 3.8) is 0 Å². The zero-order valence-corrected chi connectivity index (χ0v) is 15.4. The van der Waals surface area contributed by atoms with Gasteiger partial charge in [-0.15, -0.1) is 11.3 Å². The van der Waals surface area contributed by atoms with E-state index in [4.69, 9.17) is 0 Å². The van der Waals surface area contributed by atoms with Crippen molar-refractivity contribution in [2.24, 2.45) is 0 Å². The average molecular weight is 370 g/mol. The molecule has 0 amide bonds. The molecular formula is C20H18O3S2. The van der Waals surface area contributed by atoms with Gasteiger partial charge in [0.2, 0.25) is 0 Å². The third-order valence-corrected chi connectivity index (χ3v) is 7.29. The predicted molar refractivity (Wildman–Crippen MR) is 101 cm³/mol. The first kappa shape index (κ1) is 17.6. The van der Waals surface area contributed by atoms with E-state index in [9.17, 15) is 13.2 Å². The summed E-state index contributed by atoms with van der Waals surface area (Å²) in [7, 11) is -3.65. The van der Waals surface area contributed by atoms with E-state index in [1.165, 1.54) is 11.3 Å². The highest BCUT2D eigenvalue weighted by molar-refractivity contribution is 7.91. The van der Waals surface area contributed by atoms with Crippen LogP contribution in [0.4, 0.5) is 0 Å². The zero-order chi connectivity index (χ0) is 17.9. The number of sulfone groups is 1. The number of carbonyl (C=O) groups excluding carboxylic acids is 1. The molecule has 1 atom stereocenters. The fraction of sp³-hybridized carbons (Fsp3) is 0.150. The Hall–Kier alpha value is -2.24. The van der Waals surface area contributed by atoms with Crippen molar-refractivity contribution < 1.29 is 13.2 Å². The maximum absolute atomic E-state index is 13.2. The van der Waals surface area contributed by atoms with Crippen LogP contribution in [0.15, 0.2) is 77.0 Å². The van der Waals surface area contributed by atoms with Gasteiger partial charge in [-0.3, -0.25) is 4.79 Å². The second kappa shape index (κ2) is 7.33. The van der Waals surface area contributed by atoms with Crippen LogP contribution in [0.25, 0.3) is 0 Å². The standard InChI is InChI=1S/C20H18O3S2/c1-15-9-11-17(12-10-15)25(22,23)20(19-8-5-13-24-19)14-18(21)16-6-3-2-4-7-16/h2-13,20H,14H2,1H3. The van der Waals surface area contributed by atoms with Crippen molar-refractivity contribution in [1.29, 1.82) is 0 Å². The maximum atomic E-state index is 13.2. The van der Waals surface area contributed by atoms with Gasteiger partial charge in [0.1, 0.15) is 5.25 Å². The highest BCUT2D eigenvalue weighted by atomic mass is 32.2. The summed E-state index contributed by atoms with van der Waals surface area (Å²) in [6.07, 6.45) is -0.0687. The summed E-state index contributed by atoms with van der Waals surface area (Å²) in [5.74, 6) is -0.172. The summed E-state index contributed by atoms with van der Waals surface area (Å²) in [5.41, 5.74) is 1.52. The number of thiophene rings is 1. The van der Waals surface area contributed by atoms with E-state index in [1.54, 1.807) is 54.6 Å². The van der Waals surface area contributed by atoms with Gasteiger partial charge in [0.05, 0.1) is 4.90 Å². The molecule has 2 aromatic carbocycles. The summed E-state index contributed by atoms with van der Waals surface area (Å²) in [6, 6.07) is 19.2. The van der Waals surface area contributed by atoms with E-state index in [2.05, 4.69) is 0 Å². The van der Waals surface area contributed by atoms with Gasteiger partial charge in [-0.05, 0) is 30.5 Å².